The van der Waals surface area contributed by atoms with E-state index in [1.807, 2.05) is 0 Å². The van der Waals surface area contributed by atoms with Crippen LogP contribution < -0.4 is 5.73 Å². The number of hydrogen-bond acceptors (Lipinski definition) is 4. The molecular weight excluding hydrogens is 188 g/mol. The number of nitrogens with two attached hydrogens (primary N) is 1. The summed E-state index contributed by atoms with van der Waals surface area (Å²) in [5.41, 5.74) is 8.18. The first-order valence-corrected chi connectivity index (χ1v) is 5.47. The van der Waals surface area contributed by atoms with Gasteiger partial charge in [0.2, 0.25) is 5.95 Å². The topological polar surface area (TPSA) is 64.7 Å². The second-order valence-corrected chi connectivity index (χ2v) is 5.55. The van der Waals surface area contributed by atoms with Crippen LogP contribution >= 0.6 is 0 Å². The third-order valence-corrected chi connectivity index (χ3v) is 4.81. The average Bonchev–Trinajstić information content (AvgIpc) is 2.48. The Labute approximate surface area is 89.3 Å². The molecule has 4 heteroatoms. The van der Waals surface area contributed by atoms with Crippen LogP contribution in [0.25, 0.3) is 0 Å². The highest BCUT2D eigenvalue weighted by Crippen LogP contribution is 2.66. The molecule has 0 aliphatic heterocycles. The normalized spacial score (nSPS) is 35.5. The second-order valence-electron chi connectivity index (χ2n) is 5.55. The van der Waals surface area contributed by atoms with Gasteiger partial charge in [-0.15, -0.1) is 10.2 Å². The molecule has 0 spiro atoms. The molecule has 3 rings (SSSR count). The third kappa shape index (κ3) is 0.817. The molecule has 80 valence electrons. The highest BCUT2D eigenvalue weighted by atomic mass is 15.2. The van der Waals surface area contributed by atoms with Gasteiger partial charge in [0.25, 0.3) is 0 Å². The Morgan fingerprint density at radius 1 is 1.27 bits per heavy atom. The van der Waals surface area contributed by atoms with E-state index in [-0.39, 0.29) is 10.8 Å². The first-order valence-electron chi connectivity index (χ1n) is 5.47. The fourth-order valence-electron chi connectivity index (χ4n) is 3.39. The summed E-state index contributed by atoms with van der Waals surface area (Å²) in [7, 11) is 0. The molecule has 1 aromatic heterocycles. The van der Waals surface area contributed by atoms with Crippen molar-refractivity contribution in [3.8, 4) is 0 Å². The summed E-state index contributed by atoms with van der Waals surface area (Å²) in [6, 6.07) is 0. The highest BCUT2D eigenvalue weighted by molar-refractivity contribution is 5.42. The van der Waals surface area contributed by atoms with Crippen molar-refractivity contribution < 1.29 is 0 Å². The van der Waals surface area contributed by atoms with Crippen LogP contribution in [-0.2, 0) is 5.41 Å². The summed E-state index contributed by atoms with van der Waals surface area (Å²) in [6.45, 7) is 6.90. The van der Waals surface area contributed by atoms with Crippen LogP contribution in [-0.4, -0.2) is 15.2 Å². The van der Waals surface area contributed by atoms with E-state index < -0.39 is 0 Å². The van der Waals surface area contributed by atoms with Gasteiger partial charge < -0.3 is 5.73 Å². The maximum absolute atomic E-state index is 5.63. The van der Waals surface area contributed by atoms with Gasteiger partial charge >= 0.3 is 0 Å². The lowest BCUT2D eigenvalue weighted by Gasteiger charge is -2.33. The van der Waals surface area contributed by atoms with Crippen LogP contribution in [0.2, 0.25) is 0 Å². The number of rotatable bonds is 0. The van der Waals surface area contributed by atoms with Gasteiger partial charge in [-0.3, -0.25) is 0 Å². The minimum atomic E-state index is 0.136. The van der Waals surface area contributed by atoms with Crippen LogP contribution in [0.3, 0.4) is 0 Å². The quantitative estimate of drug-likeness (QED) is 0.697. The molecule has 2 aliphatic rings. The minimum Gasteiger partial charge on any atom is -0.366 e. The van der Waals surface area contributed by atoms with Crippen LogP contribution in [0.15, 0.2) is 0 Å². The molecule has 4 nitrogen and oxygen atoms in total. The predicted molar refractivity (Wildman–Crippen MR) is 57.3 cm³/mol. The van der Waals surface area contributed by atoms with E-state index in [2.05, 4.69) is 36.0 Å². The summed E-state index contributed by atoms with van der Waals surface area (Å²) < 4.78 is 0. The van der Waals surface area contributed by atoms with Crippen LogP contribution in [0, 0.1) is 5.41 Å². The van der Waals surface area contributed by atoms with Crippen LogP contribution in [0.1, 0.15) is 50.9 Å². The van der Waals surface area contributed by atoms with Crippen molar-refractivity contribution in [3.63, 3.8) is 0 Å². The van der Waals surface area contributed by atoms with Crippen molar-refractivity contribution in [3.05, 3.63) is 11.4 Å². The SMILES string of the molecule is CC1(C)[C@@H]2CC[C@]1(C)c1nc(N)nnc12. The largest absolute Gasteiger partial charge is 0.366 e. The van der Waals surface area contributed by atoms with Crippen LogP contribution in [0.4, 0.5) is 5.95 Å². The Kier molecular flexibility index (Phi) is 1.40. The third-order valence-electron chi connectivity index (χ3n) is 4.81. The molecule has 0 amide bonds. The fourth-order valence-corrected chi connectivity index (χ4v) is 3.39. The zero-order valence-corrected chi connectivity index (χ0v) is 9.41. The van der Waals surface area contributed by atoms with E-state index in [1.165, 1.54) is 12.8 Å². The van der Waals surface area contributed by atoms with Crippen molar-refractivity contribution >= 4 is 5.95 Å². The monoisotopic (exact) mass is 204 g/mol. The van der Waals surface area contributed by atoms with Crippen molar-refractivity contribution in [2.75, 3.05) is 5.73 Å². The number of nitrogen functional groups attached to an aromatic ring is 1. The molecule has 0 unspecified atom stereocenters. The van der Waals surface area contributed by atoms with Gasteiger partial charge in [0.05, 0.1) is 11.4 Å². The van der Waals surface area contributed by atoms with E-state index in [0.717, 1.165) is 11.4 Å². The van der Waals surface area contributed by atoms with Gasteiger partial charge in [-0.25, -0.2) is 4.98 Å². The molecule has 1 fully saturated rings. The standard InChI is InChI=1S/C11H16N4/c1-10(2)6-4-5-11(10,3)8-7(6)14-15-9(12)13-8/h6H,4-5H2,1-3H3,(H2,12,13,15)/t6-,11-/m1/s1. The molecule has 1 heterocycles. The van der Waals surface area contributed by atoms with Crippen molar-refractivity contribution in [2.24, 2.45) is 5.41 Å². The Bertz CT molecular complexity index is 440. The van der Waals surface area contributed by atoms with Gasteiger partial charge in [0, 0.05) is 11.3 Å². The Hall–Kier alpha value is -1.19. The first kappa shape index (κ1) is 9.07. The maximum Gasteiger partial charge on any atom is 0.240 e. The van der Waals surface area contributed by atoms with Gasteiger partial charge in [0.1, 0.15) is 0 Å². The number of fused-ring (bicyclic) bond motifs is 5. The smallest absolute Gasteiger partial charge is 0.240 e. The molecule has 0 saturated heterocycles. The van der Waals surface area contributed by atoms with Gasteiger partial charge in [-0.1, -0.05) is 20.8 Å². The average molecular weight is 204 g/mol. The van der Waals surface area contributed by atoms with Crippen LogP contribution in [0.5, 0.6) is 0 Å². The first-order chi connectivity index (χ1) is 6.97. The molecule has 0 radical (unpaired) electrons. The molecule has 2 N–H and O–H groups in total. The zero-order chi connectivity index (χ0) is 10.8. The lowest BCUT2D eigenvalue weighted by molar-refractivity contribution is 0.227. The Balaban J connectivity index is 2.29. The molecule has 0 aromatic carbocycles. The number of anilines is 1. The van der Waals surface area contributed by atoms with E-state index in [4.69, 9.17) is 5.73 Å². The summed E-state index contributed by atoms with van der Waals surface area (Å²) in [6.07, 6.45) is 2.40. The van der Waals surface area contributed by atoms with Crippen molar-refractivity contribution in [1.82, 2.24) is 15.2 Å². The molecule has 2 atom stereocenters. The molecule has 2 aliphatic carbocycles. The van der Waals surface area contributed by atoms with Gasteiger partial charge in [-0.05, 0) is 18.3 Å². The summed E-state index contributed by atoms with van der Waals surface area (Å²) >= 11 is 0. The summed E-state index contributed by atoms with van der Waals surface area (Å²) in [5, 5.41) is 8.13. The fraction of sp³-hybridized carbons (Fsp3) is 0.727. The van der Waals surface area contributed by atoms with E-state index in [9.17, 15) is 0 Å². The zero-order valence-electron chi connectivity index (χ0n) is 9.41. The number of hydrogen-bond donors (Lipinski definition) is 1. The minimum absolute atomic E-state index is 0.136. The van der Waals surface area contributed by atoms with E-state index in [1.54, 1.807) is 0 Å². The van der Waals surface area contributed by atoms with E-state index >= 15 is 0 Å². The van der Waals surface area contributed by atoms with Gasteiger partial charge in [0.15, 0.2) is 0 Å². The molecule has 1 aromatic rings. The molecule has 1 saturated carbocycles. The maximum atomic E-state index is 5.63. The summed E-state index contributed by atoms with van der Waals surface area (Å²) in [4.78, 5) is 4.41. The Morgan fingerprint density at radius 3 is 2.73 bits per heavy atom. The highest BCUT2D eigenvalue weighted by Gasteiger charge is 2.61. The van der Waals surface area contributed by atoms with E-state index in [0.29, 0.717) is 11.9 Å². The summed E-state index contributed by atoms with van der Waals surface area (Å²) in [5.74, 6) is 0.816. The van der Waals surface area contributed by atoms with Crippen molar-refractivity contribution in [1.29, 1.82) is 0 Å². The predicted octanol–water partition coefficient (Wildman–Crippen LogP) is 1.63. The van der Waals surface area contributed by atoms with Crippen molar-refractivity contribution in [2.45, 2.75) is 44.9 Å². The molecule has 15 heavy (non-hydrogen) atoms. The second kappa shape index (κ2) is 2.31. The molecule has 2 bridgehead atoms. The Morgan fingerprint density at radius 2 is 2.00 bits per heavy atom. The number of aromatic nitrogens is 3. The molecular formula is C11H16N4. The lowest BCUT2D eigenvalue weighted by atomic mass is 9.70. The van der Waals surface area contributed by atoms with Gasteiger partial charge in [-0.2, -0.15) is 0 Å². The number of nitrogens with zero attached hydrogens (tertiary/aromatic N) is 3. The lowest BCUT2D eigenvalue weighted by Crippen LogP contribution is -2.32.